The number of nitrogens with one attached hydrogen (secondary N) is 2. The number of rotatable bonds is 4. The quantitative estimate of drug-likeness (QED) is 0.604. The monoisotopic (exact) mass is 459 g/mol. The van der Waals surface area contributed by atoms with E-state index in [1.807, 2.05) is 11.1 Å². The summed E-state index contributed by atoms with van der Waals surface area (Å²) in [5.74, 6) is 0.141. The van der Waals surface area contributed by atoms with Crippen molar-refractivity contribution in [3.63, 3.8) is 0 Å². The highest BCUT2D eigenvalue weighted by Gasteiger charge is 2.49. The molecule has 0 bridgehead atoms. The van der Waals surface area contributed by atoms with Crippen molar-refractivity contribution in [1.82, 2.24) is 20.1 Å². The smallest absolute Gasteiger partial charge is 0.242 e. The summed E-state index contributed by atoms with van der Waals surface area (Å²) >= 11 is 0. The molecular formula is C27H33N5O2. The maximum absolute atomic E-state index is 13.9. The lowest BCUT2D eigenvalue weighted by atomic mass is 9.76. The average Bonchev–Trinajstić information content (AvgIpc) is 3.49. The van der Waals surface area contributed by atoms with Crippen LogP contribution in [-0.2, 0) is 27.8 Å². The normalized spacial score (nSPS) is 19.2. The first-order valence-electron chi connectivity index (χ1n) is 12.9. The number of benzene rings is 1. The van der Waals surface area contributed by atoms with Gasteiger partial charge in [0.25, 0.3) is 0 Å². The molecule has 178 valence electrons. The Balaban J connectivity index is 1.48. The summed E-state index contributed by atoms with van der Waals surface area (Å²) in [6.45, 7) is 5.92. The first-order chi connectivity index (χ1) is 16.6. The summed E-state index contributed by atoms with van der Waals surface area (Å²) in [5.41, 5.74) is 7.07. The first-order valence-corrected chi connectivity index (χ1v) is 12.9. The Bertz CT molecular complexity index is 1280. The summed E-state index contributed by atoms with van der Waals surface area (Å²) in [5, 5.41) is 8.72. The average molecular weight is 460 g/mol. The van der Waals surface area contributed by atoms with Crippen molar-refractivity contribution in [2.45, 2.75) is 70.6 Å². The van der Waals surface area contributed by atoms with Crippen molar-refractivity contribution < 1.29 is 9.59 Å². The fourth-order valence-corrected chi connectivity index (χ4v) is 6.48. The van der Waals surface area contributed by atoms with Crippen LogP contribution in [0.2, 0.25) is 0 Å². The minimum absolute atomic E-state index is 0.0659. The van der Waals surface area contributed by atoms with Crippen LogP contribution in [0.5, 0.6) is 0 Å². The number of H-pyrrole nitrogens is 2. The Hall–Kier alpha value is -3.09. The number of hydrogen-bond acceptors (Lipinski definition) is 3. The molecule has 6 rings (SSSR count). The minimum atomic E-state index is -0.578. The van der Waals surface area contributed by atoms with Crippen molar-refractivity contribution in [1.29, 1.82) is 0 Å². The third kappa shape index (κ3) is 2.98. The zero-order valence-electron chi connectivity index (χ0n) is 20.2. The van der Waals surface area contributed by atoms with Gasteiger partial charge in [-0.1, -0.05) is 13.8 Å². The lowest BCUT2D eigenvalue weighted by Gasteiger charge is -2.30. The molecular weight excluding hydrogens is 426 g/mol. The molecule has 0 spiro atoms. The molecule has 1 fully saturated rings. The second-order valence-corrected chi connectivity index (χ2v) is 10.1. The number of aromatic nitrogens is 3. The zero-order chi connectivity index (χ0) is 23.4. The minimum Gasteiger partial charge on any atom is -0.353 e. The second kappa shape index (κ2) is 8.00. The van der Waals surface area contributed by atoms with E-state index in [-0.39, 0.29) is 18.4 Å². The van der Waals surface area contributed by atoms with E-state index in [1.54, 1.807) is 4.90 Å². The number of aromatic amines is 2. The Morgan fingerprint density at radius 2 is 1.88 bits per heavy atom. The fraction of sp³-hybridized carbons (Fsp3) is 0.519. The number of aryl methyl sites for hydroxylation is 2. The van der Waals surface area contributed by atoms with Crippen LogP contribution in [0.1, 0.15) is 69.1 Å². The van der Waals surface area contributed by atoms with E-state index >= 15 is 0 Å². The third-order valence-electron chi connectivity index (χ3n) is 8.52. The van der Waals surface area contributed by atoms with Crippen LogP contribution < -0.4 is 4.90 Å². The molecule has 1 aliphatic carbocycles. The van der Waals surface area contributed by atoms with E-state index in [1.165, 1.54) is 17.5 Å². The number of likely N-dealkylation sites (tertiary alicyclic amines) is 1. The molecule has 2 N–H and O–H groups in total. The predicted molar refractivity (Wildman–Crippen MR) is 133 cm³/mol. The van der Waals surface area contributed by atoms with Crippen molar-refractivity contribution in [3.05, 3.63) is 35.0 Å². The van der Waals surface area contributed by atoms with E-state index in [0.29, 0.717) is 0 Å². The van der Waals surface area contributed by atoms with Gasteiger partial charge in [-0.2, -0.15) is 5.10 Å². The number of nitrogens with zero attached hydrogens (tertiary/aromatic N) is 3. The van der Waals surface area contributed by atoms with E-state index in [0.717, 1.165) is 91.6 Å². The van der Waals surface area contributed by atoms with Crippen LogP contribution in [0, 0.1) is 0 Å². The van der Waals surface area contributed by atoms with Crippen LogP contribution in [0.4, 0.5) is 5.69 Å². The molecule has 34 heavy (non-hydrogen) atoms. The second-order valence-electron chi connectivity index (χ2n) is 10.1. The SMILES string of the molecule is CCC1(CC)C(=O)N(CC(=O)N2CCCCC2)c2cc3c4c([nH]c3cc21)-c1n[nH]cc1CCC4. The molecule has 0 unspecified atom stereocenters. The number of hydrogen-bond donors (Lipinski definition) is 2. The number of fused-ring (bicyclic) bond motifs is 6. The lowest BCUT2D eigenvalue weighted by molar-refractivity contribution is -0.133. The Morgan fingerprint density at radius 1 is 1.09 bits per heavy atom. The number of carbonyl (C=O) groups excluding carboxylic acids is 2. The molecule has 0 atom stereocenters. The number of amides is 2. The van der Waals surface area contributed by atoms with Crippen LogP contribution in [0.25, 0.3) is 22.3 Å². The molecule has 4 heterocycles. The van der Waals surface area contributed by atoms with E-state index in [9.17, 15) is 9.59 Å². The number of anilines is 1. The van der Waals surface area contributed by atoms with Gasteiger partial charge in [0.1, 0.15) is 12.2 Å². The highest BCUT2D eigenvalue weighted by Crippen LogP contribution is 2.49. The van der Waals surface area contributed by atoms with E-state index < -0.39 is 5.41 Å². The molecule has 7 heteroatoms. The van der Waals surface area contributed by atoms with Gasteiger partial charge in [-0.05, 0) is 80.2 Å². The van der Waals surface area contributed by atoms with Crippen LogP contribution in [-0.4, -0.2) is 51.5 Å². The maximum Gasteiger partial charge on any atom is 0.242 e. The maximum atomic E-state index is 13.9. The van der Waals surface area contributed by atoms with Gasteiger partial charge < -0.3 is 14.8 Å². The van der Waals surface area contributed by atoms with Gasteiger partial charge in [0.05, 0.1) is 11.1 Å². The molecule has 1 aromatic carbocycles. The van der Waals surface area contributed by atoms with Crippen molar-refractivity contribution >= 4 is 28.4 Å². The van der Waals surface area contributed by atoms with Crippen LogP contribution >= 0.6 is 0 Å². The Morgan fingerprint density at radius 3 is 2.65 bits per heavy atom. The molecule has 3 aliphatic rings. The van der Waals surface area contributed by atoms with E-state index in [2.05, 4.69) is 41.2 Å². The van der Waals surface area contributed by atoms with E-state index in [4.69, 9.17) is 0 Å². The summed E-state index contributed by atoms with van der Waals surface area (Å²) in [6.07, 6.45) is 9.76. The molecule has 2 amide bonds. The molecule has 7 nitrogen and oxygen atoms in total. The van der Waals surface area contributed by atoms with Gasteiger partial charge in [0.15, 0.2) is 0 Å². The summed E-state index contributed by atoms with van der Waals surface area (Å²) in [4.78, 5) is 34.5. The fourth-order valence-electron chi connectivity index (χ4n) is 6.48. The topological polar surface area (TPSA) is 85.1 Å². The molecule has 2 aromatic heterocycles. The summed E-state index contributed by atoms with van der Waals surface area (Å²) in [7, 11) is 0. The van der Waals surface area contributed by atoms with Crippen LogP contribution in [0.15, 0.2) is 18.3 Å². The molecule has 0 saturated carbocycles. The van der Waals surface area contributed by atoms with Gasteiger partial charge in [0.2, 0.25) is 11.8 Å². The molecule has 2 aliphatic heterocycles. The number of carbonyl (C=O) groups is 2. The zero-order valence-corrected chi connectivity index (χ0v) is 20.2. The van der Waals surface area contributed by atoms with Gasteiger partial charge >= 0.3 is 0 Å². The summed E-state index contributed by atoms with van der Waals surface area (Å²) in [6, 6.07) is 4.36. The first kappa shape index (κ1) is 21.4. The van der Waals surface area contributed by atoms with Gasteiger partial charge in [-0.25, -0.2) is 0 Å². The largest absolute Gasteiger partial charge is 0.353 e. The van der Waals surface area contributed by atoms with Crippen molar-refractivity contribution in [2.24, 2.45) is 0 Å². The van der Waals surface area contributed by atoms with Gasteiger partial charge in [-0.3, -0.25) is 14.7 Å². The third-order valence-corrected chi connectivity index (χ3v) is 8.52. The summed E-state index contributed by atoms with van der Waals surface area (Å²) < 4.78 is 0. The Labute approximate surface area is 199 Å². The molecule has 0 radical (unpaired) electrons. The highest BCUT2D eigenvalue weighted by atomic mass is 16.2. The van der Waals surface area contributed by atoms with Gasteiger partial charge in [0, 0.05) is 35.9 Å². The van der Waals surface area contributed by atoms with Crippen LogP contribution in [0.3, 0.4) is 0 Å². The Kier molecular flexibility index (Phi) is 5.04. The highest BCUT2D eigenvalue weighted by molar-refractivity contribution is 6.13. The van der Waals surface area contributed by atoms with Crippen molar-refractivity contribution in [3.8, 4) is 11.4 Å². The standard InChI is InChI=1S/C27H33N5O2/c1-3-27(4-2)20-14-21-19(18-10-8-9-17-15-28-30-24(17)25(18)29-21)13-22(20)32(26(27)34)16-23(33)31-11-6-5-7-12-31/h13-15,29H,3-12,16H2,1-2H3,(H,28,30). The molecule has 1 saturated heterocycles. The van der Waals surface area contributed by atoms with Gasteiger partial charge in [-0.15, -0.1) is 0 Å². The number of piperidine rings is 1. The lowest BCUT2D eigenvalue weighted by Crippen LogP contribution is -2.46. The molecule has 3 aromatic rings. The predicted octanol–water partition coefficient (Wildman–Crippen LogP) is 4.46. The van der Waals surface area contributed by atoms with Crippen molar-refractivity contribution in [2.75, 3.05) is 24.5 Å².